The minimum atomic E-state index is 0.617. The van der Waals surface area contributed by atoms with Crippen molar-refractivity contribution < 1.29 is 0 Å². The molecular weight excluding hydrogens is 192 g/mol. The highest BCUT2D eigenvalue weighted by molar-refractivity contribution is 4.95. The number of allylic oxidation sites excluding steroid dienone is 5. The molecule has 0 aliphatic rings. The first kappa shape index (κ1) is 15.2. The molecule has 16 heavy (non-hydrogen) atoms. The number of rotatable bonds is 9. The Morgan fingerprint density at radius 2 is 1.88 bits per heavy atom. The van der Waals surface area contributed by atoms with Crippen LogP contribution in [0.1, 0.15) is 52.9 Å². The Labute approximate surface area is 102 Å². The van der Waals surface area contributed by atoms with Crippen LogP contribution in [0.4, 0.5) is 0 Å². The van der Waals surface area contributed by atoms with E-state index in [1.165, 1.54) is 25.7 Å². The Morgan fingerprint density at radius 3 is 2.44 bits per heavy atom. The van der Waals surface area contributed by atoms with Gasteiger partial charge in [-0.1, -0.05) is 57.6 Å². The smallest absolute Gasteiger partial charge is 0.0193 e. The molecule has 0 amide bonds. The van der Waals surface area contributed by atoms with E-state index in [0.29, 0.717) is 11.8 Å². The van der Waals surface area contributed by atoms with Crippen LogP contribution in [0.5, 0.6) is 0 Å². The van der Waals surface area contributed by atoms with Crippen LogP contribution in [0, 0.1) is 11.8 Å². The molecule has 0 rings (SSSR count). The Kier molecular flexibility index (Phi) is 10.2. The summed E-state index contributed by atoms with van der Waals surface area (Å²) in [5.41, 5.74) is 0. The fraction of sp³-hybridized carbons (Fsp3) is 0.625. The minimum Gasteiger partial charge on any atom is -0.103 e. The maximum Gasteiger partial charge on any atom is -0.0193 e. The van der Waals surface area contributed by atoms with Crippen molar-refractivity contribution in [2.24, 2.45) is 11.8 Å². The standard InChI is InChI=1S/C16H28/c1-5-8-10-12-16(13-11-9-6-2)14-15(4)7-3/h7-8,10-11,13,15-16H,3,5-6,9,12,14H2,1-2,4H3. The minimum absolute atomic E-state index is 0.617. The summed E-state index contributed by atoms with van der Waals surface area (Å²) in [4.78, 5) is 0. The molecule has 0 nitrogen and oxygen atoms in total. The summed E-state index contributed by atoms with van der Waals surface area (Å²) in [6.07, 6.45) is 17.3. The van der Waals surface area contributed by atoms with E-state index < -0.39 is 0 Å². The van der Waals surface area contributed by atoms with E-state index in [9.17, 15) is 0 Å². The predicted molar refractivity (Wildman–Crippen MR) is 75.6 cm³/mol. The first-order valence-corrected chi connectivity index (χ1v) is 6.68. The average Bonchev–Trinajstić information content (AvgIpc) is 2.29. The van der Waals surface area contributed by atoms with Crippen LogP contribution in [0.2, 0.25) is 0 Å². The summed E-state index contributed by atoms with van der Waals surface area (Å²) in [6.45, 7) is 10.5. The second-order valence-electron chi connectivity index (χ2n) is 4.54. The topological polar surface area (TPSA) is 0 Å². The van der Waals surface area contributed by atoms with Gasteiger partial charge >= 0.3 is 0 Å². The first-order valence-electron chi connectivity index (χ1n) is 6.68. The van der Waals surface area contributed by atoms with Crippen LogP contribution >= 0.6 is 0 Å². The van der Waals surface area contributed by atoms with E-state index in [0.717, 1.165) is 6.42 Å². The van der Waals surface area contributed by atoms with Gasteiger partial charge in [-0.3, -0.25) is 0 Å². The zero-order chi connectivity index (χ0) is 12.2. The predicted octanol–water partition coefficient (Wildman–Crippen LogP) is 5.53. The molecule has 0 fully saturated rings. The van der Waals surface area contributed by atoms with Crippen molar-refractivity contribution in [2.45, 2.75) is 52.9 Å². The van der Waals surface area contributed by atoms with Crippen molar-refractivity contribution >= 4 is 0 Å². The van der Waals surface area contributed by atoms with Crippen molar-refractivity contribution in [1.82, 2.24) is 0 Å². The van der Waals surface area contributed by atoms with Crippen LogP contribution < -0.4 is 0 Å². The molecule has 0 heteroatoms. The van der Waals surface area contributed by atoms with Gasteiger partial charge in [0, 0.05) is 0 Å². The molecule has 0 aromatic heterocycles. The van der Waals surface area contributed by atoms with Gasteiger partial charge in [0.2, 0.25) is 0 Å². The molecule has 0 heterocycles. The summed E-state index contributed by atoms with van der Waals surface area (Å²) in [7, 11) is 0. The molecule has 0 N–H and O–H groups in total. The quantitative estimate of drug-likeness (QED) is 0.448. The summed E-state index contributed by atoms with van der Waals surface area (Å²) < 4.78 is 0. The second-order valence-corrected chi connectivity index (χ2v) is 4.54. The van der Waals surface area contributed by atoms with E-state index in [2.05, 4.69) is 57.7 Å². The molecule has 92 valence electrons. The van der Waals surface area contributed by atoms with Gasteiger partial charge in [-0.25, -0.2) is 0 Å². The highest BCUT2D eigenvalue weighted by Crippen LogP contribution is 2.19. The maximum atomic E-state index is 3.86. The summed E-state index contributed by atoms with van der Waals surface area (Å²) in [6, 6.07) is 0. The van der Waals surface area contributed by atoms with Crippen molar-refractivity contribution in [3.05, 3.63) is 37.0 Å². The second kappa shape index (κ2) is 10.7. The lowest BCUT2D eigenvalue weighted by Crippen LogP contribution is -2.01. The van der Waals surface area contributed by atoms with Crippen LogP contribution in [-0.4, -0.2) is 0 Å². The van der Waals surface area contributed by atoms with E-state index in [-0.39, 0.29) is 0 Å². The van der Waals surface area contributed by atoms with Crippen LogP contribution in [-0.2, 0) is 0 Å². The van der Waals surface area contributed by atoms with Crippen molar-refractivity contribution in [2.75, 3.05) is 0 Å². The fourth-order valence-corrected chi connectivity index (χ4v) is 1.72. The van der Waals surface area contributed by atoms with Crippen molar-refractivity contribution in [1.29, 1.82) is 0 Å². The van der Waals surface area contributed by atoms with E-state index in [4.69, 9.17) is 0 Å². The van der Waals surface area contributed by atoms with E-state index in [1.807, 2.05) is 0 Å². The first-order chi connectivity index (χ1) is 7.74. The van der Waals surface area contributed by atoms with Crippen molar-refractivity contribution in [3.8, 4) is 0 Å². The normalized spacial score (nSPS) is 15.7. The van der Waals surface area contributed by atoms with Crippen LogP contribution in [0.25, 0.3) is 0 Å². The molecule has 0 aromatic carbocycles. The number of unbranched alkanes of at least 4 members (excludes halogenated alkanes) is 1. The largest absolute Gasteiger partial charge is 0.103 e. The third-order valence-electron chi connectivity index (χ3n) is 2.78. The highest BCUT2D eigenvalue weighted by atomic mass is 14.1. The number of hydrogen-bond acceptors (Lipinski definition) is 0. The lowest BCUT2D eigenvalue weighted by atomic mass is 9.92. The van der Waals surface area contributed by atoms with E-state index >= 15 is 0 Å². The van der Waals surface area contributed by atoms with Crippen LogP contribution in [0.15, 0.2) is 37.0 Å². The van der Waals surface area contributed by atoms with Gasteiger partial charge in [-0.05, 0) is 37.5 Å². The molecule has 0 spiro atoms. The fourth-order valence-electron chi connectivity index (χ4n) is 1.72. The SMILES string of the molecule is C=CC(C)CC(C=CCCC)CC=CCC. The third-order valence-corrected chi connectivity index (χ3v) is 2.78. The van der Waals surface area contributed by atoms with Gasteiger partial charge in [0.05, 0.1) is 0 Å². The van der Waals surface area contributed by atoms with Gasteiger partial charge in [0.25, 0.3) is 0 Å². The van der Waals surface area contributed by atoms with Crippen LogP contribution in [0.3, 0.4) is 0 Å². The zero-order valence-electron chi connectivity index (χ0n) is 11.3. The van der Waals surface area contributed by atoms with Crippen molar-refractivity contribution in [3.63, 3.8) is 0 Å². The maximum absolute atomic E-state index is 3.86. The third kappa shape index (κ3) is 8.52. The Bertz CT molecular complexity index is 210. The Balaban J connectivity index is 4.14. The molecule has 2 atom stereocenters. The monoisotopic (exact) mass is 220 g/mol. The molecule has 2 unspecified atom stereocenters. The number of hydrogen-bond donors (Lipinski definition) is 0. The van der Waals surface area contributed by atoms with Gasteiger partial charge < -0.3 is 0 Å². The molecule has 0 radical (unpaired) electrons. The van der Waals surface area contributed by atoms with Gasteiger partial charge in [0.15, 0.2) is 0 Å². The van der Waals surface area contributed by atoms with Gasteiger partial charge in [-0.15, -0.1) is 6.58 Å². The summed E-state index contributed by atoms with van der Waals surface area (Å²) in [5.74, 6) is 1.30. The van der Waals surface area contributed by atoms with Gasteiger partial charge in [0.1, 0.15) is 0 Å². The van der Waals surface area contributed by atoms with E-state index in [1.54, 1.807) is 0 Å². The lowest BCUT2D eigenvalue weighted by molar-refractivity contribution is 0.513. The molecule has 0 aliphatic heterocycles. The molecule has 0 aliphatic carbocycles. The summed E-state index contributed by atoms with van der Waals surface area (Å²) in [5, 5.41) is 0. The molecule has 0 aromatic rings. The highest BCUT2D eigenvalue weighted by Gasteiger charge is 2.06. The Morgan fingerprint density at radius 1 is 1.12 bits per heavy atom. The molecule has 0 saturated heterocycles. The zero-order valence-corrected chi connectivity index (χ0v) is 11.3. The molecule has 0 bridgehead atoms. The Hall–Kier alpha value is -0.780. The summed E-state index contributed by atoms with van der Waals surface area (Å²) >= 11 is 0. The van der Waals surface area contributed by atoms with Gasteiger partial charge in [-0.2, -0.15) is 0 Å². The average molecular weight is 220 g/mol. The lowest BCUT2D eigenvalue weighted by Gasteiger charge is -2.13. The molecular formula is C16H28. The molecule has 0 saturated carbocycles.